The lowest BCUT2D eigenvalue weighted by Gasteiger charge is -2.13. The third-order valence-corrected chi connectivity index (χ3v) is 5.15. The number of ether oxygens (including phenoxy) is 1. The fourth-order valence-corrected chi connectivity index (χ4v) is 3.61. The smallest absolute Gasteiger partial charge is 0.434 e. The van der Waals surface area contributed by atoms with Crippen molar-refractivity contribution in [3.63, 3.8) is 0 Å². The molecule has 1 amide bonds. The molecular weight excluding hydrogens is 479 g/mol. The van der Waals surface area contributed by atoms with Crippen LogP contribution in [0.25, 0.3) is 11.6 Å². The molecule has 0 saturated heterocycles. The molecule has 0 aliphatic carbocycles. The zero-order chi connectivity index (χ0) is 26.0. The molecule has 0 bridgehead atoms. The average molecular weight is 497 g/mol. The topological polar surface area (TPSA) is 115 Å². The number of anilines is 1. The van der Waals surface area contributed by atoms with Gasteiger partial charge in [-0.25, -0.2) is 9.48 Å². The molecule has 3 heterocycles. The number of rotatable bonds is 6. The van der Waals surface area contributed by atoms with E-state index < -0.39 is 29.3 Å². The highest BCUT2D eigenvalue weighted by Gasteiger charge is 2.41. The number of hydrogen-bond donors (Lipinski definition) is 1. The lowest BCUT2D eigenvalue weighted by molar-refractivity contribution is -0.143. The third-order valence-electron chi connectivity index (χ3n) is 5.15. The number of nitrogens with zero attached hydrogens (tertiary/aromatic N) is 4. The standard InChI is InChI=1S/C24H18F3N5O4/c1-3-35-23(34)18-13-29-32(20(18)24(25,26)27)16-8-6-15(7-9-16)30-21(33)19-14(2)36-22(17(19)12-28)31-10-4-5-11-31/h4-11,13H,3H2,1-2H3,(H,30,33). The second kappa shape index (κ2) is 9.46. The highest BCUT2D eigenvalue weighted by molar-refractivity contribution is 6.07. The molecule has 36 heavy (non-hydrogen) atoms. The maximum atomic E-state index is 13.7. The summed E-state index contributed by atoms with van der Waals surface area (Å²) in [4.78, 5) is 24.9. The molecule has 184 valence electrons. The lowest BCUT2D eigenvalue weighted by atomic mass is 10.1. The highest BCUT2D eigenvalue weighted by Crippen LogP contribution is 2.34. The van der Waals surface area contributed by atoms with Gasteiger partial charge in [-0.1, -0.05) is 0 Å². The van der Waals surface area contributed by atoms with Gasteiger partial charge in [0.1, 0.15) is 28.5 Å². The van der Waals surface area contributed by atoms with Gasteiger partial charge in [-0.3, -0.25) is 9.36 Å². The van der Waals surface area contributed by atoms with Gasteiger partial charge in [-0.15, -0.1) is 0 Å². The summed E-state index contributed by atoms with van der Waals surface area (Å²) in [6.07, 6.45) is -0.756. The van der Waals surface area contributed by atoms with E-state index in [4.69, 9.17) is 9.15 Å². The van der Waals surface area contributed by atoms with Crippen LogP contribution in [0.5, 0.6) is 0 Å². The molecule has 0 aliphatic rings. The summed E-state index contributed by atoms with van der Waals surface area (Å²) < 4.78 is 53.6. The molecule has 9 nitrogen and oxygen atoms in total. The van der Waals surface area contributed by atoms with Crippen LogP contribution in [0.4, 0.5) is 18.9 Å². The van der Waals surface area contributed by atoms with Crippen molar-refractivity contribution in [1.29, 1.82) is 5.26 Å². The van der Waals surface area contributed by atoms with Gasteiger partial charge in [-0.05, 0) is 50.2 Å². The van der Waals surface area contributed by atoms with Crippen molar-refractivity contribution in [3.8, 4) is 17.6 Å². The Bertz CT molecular complexity index is 1460. The zero-order valence-corrected chi connectivity index (χ0v) is 19.0. The average Bonchev–Trinajstić information content (AvgIpc) is 3.57. The van der Waals surface area contributed by atoms with Crippen molar-refractivity contribution >= 4 is 17.6 Å². The minimum atomic E-state index is -4.88. The molecule has 0 spiro atoms. The number of nitriles is 1. The van der Waals surface area contributed by atoms with Crippen molar-refractivity contribution < 1.29 is 31.9 Å². The molecule has 4 aromatic rings. The van der Waals surface area contributed by atoms with Gasteiger partial charge < -0.3 is 14.5 Å². The zero-order valence-electron chi connectivity index (χ0n) is 19.0. The molecule has 0 radical (unpaired) electrons. The summed E-state index contributed by atoms with van der Waals surface area (Å²) >= 11 is 0. The highest BCUT2D eigenvalue weighted by atomic mass is 19.4. The largest absolute Gasteiger partial charge is 0.462 e. The summed E-state index contributed by atoms with van der Waals surface area (Å²) in [5, 5.41) is 15.9. The number of hydrogen-bond acceptors (Lipinski definition) is 6. The molecule has 12 heteroatoms. The molecule has 4 rings (SSSR count). The van der Waals surface area contributed by atoms with Crippen LogP contribution in [0, 0.1) is 18.3 Å². The fraction of sp³-hybridized carbons (Fsp3) is 0.167. The number of amides is 1. The van der Waals surface area contributed by atoms with Crippen LogP contribution in [0.15, 0.2) is 59.4 Å². The summed E-state index contributed by atoms with van der Waals surface area (Å²) in [5.74, 6) is -1.35. The van der Waals surface area contributed by atoms with Gasteiger partial charge >= 0.3 is 12.1 Å². The number of aromatic nitrogens is 3. The van der Waals surface area contributed by atoms with Gasteiger partial charge in [-0.2, -0.15) is 23.5 Å². The Morgan fingerprint density at radius 2 is 1.86 bits per heavy atom. The van der Waals surface area contributed by atoms with E-state index in [1.54, 1.807) is 36.0 Å². The molecule has 0 unspecified atom stereocenters. The lowest BCUT2D eigenvalue weighted by Crippen LogP contribution is -2.18. The van der Waals surface area contributed by atoms with E-state index in [0.717, 1.165) is 6.20 Å². The van der Waals surface area contributed by atoms with Crippen molar-refractivity contribution in [2.75, 3.05) is 11.9 Å². The fourth-order valence-electron chi connectivity index (χ4n) is 3.61. The van der Waals surface area contributed by atoms with Crippen LogP contribution in [-0.2, 0) is 10.9 Å². The maximum absolute atomic E-state index is 13.7. The number of carbonyl (C=O) groups is 2. The Hall–Kier alpha value is -4.79. The Kier molecular flexibility index (Phi) is 6.39. The summed E-state index contributed by atoms with van der Waals surface area (Å²) in [6, 6.07) is 10.8. The third kappa shape index (κ3) is 4.46. The second-order valence-electron chi connectivity index (χ2n) is 7.45. The molecule has 1 N–H and O–H groups in total. The van der Waals surface area contributed by atoms with Crippen molar-refractivity contribution in [2.24, 2.45) is 0 Å². The number of esters is 1. The van der Waals surface area contributed by atoms with E-state index in [-0.39, 0.29) is 40.8 Å². The molecule has 0 fully saturated rings. The van der Waals surface area contributed by atoms with Crippen molar-refractivity contribution in [2.45, 2.75) is 20.0 Å². The van der Waals surface area contributed by atoms with Gasteiger partial charge in [0.2, 0.25) is 5.88 Å². The van der Waals surface area contributed by atoms with Gasteiger partial charge in [0.05, 0.1) is 18.5 Å². The Morgan fingerprint density at radius 3 is 2.44 bits per heavy atom. The number of carbonyl (C=O) groups excluding carboxylic acids is 2. The number of nitrogens with one attached hydrogen (secondary N) is 1. The molecule has 3 aromatic heterocycles. The van der Waals surface area contributed by atoms with Crippen molar-refractivity contribution in [3.05, 3.63) is 83.1 Å². The van der Waals surface area contributed by atoms with E-state index in [9.17, 15) is 28.0 Å². The summed E-state index contributed by atoms with van der Waals surface area (Å²) in [5.41, 5.74) is -1.65. The van der Waals surface area contributed by atoms with Crippen LogP contribution >= 0.6 is 0 Å². The Morgan fingerprint density at radius 1 is 1.19 bits per heavy atom. The van der Waals surface area contributed by atoms with Crippen molar-refractivity contribution in [1.82, 2.24) is 14.3 Å². The molecule has 0 aliphatic heterocycles. The van der Waals surface area contributed by atoms with Crippen LogP contribution in [-0.4, -0.2) is 32.8 Å². The van der Waals surface area contributed by atoms with E-state index in [0.29, 0.717) is 4.68 Å². The van der Waals surface area contributed by atoms with Gasteiger partial charge in [0, 0.05) is 18.1 Å². The Labute approximate surface area is 202 Å². The van der Waals surface area contributed by atoms with E-state index in [2.05, 4.69) is 10.4 Å². The molecule has 0 atom stereocenters. The van der Waals surface area contributed by atoms with Crippen LogP contribution < -0.4 is 5.32 Å². The number of furan rings is 1. The number of halogens is 3. The minimum absolute atomic E-state index is 0.00275. The van der Waals surface area contributed by atoms with E-state index >= 15 is 0 Å². The first kappa shape index (κ1) is 24.3. The Balaban J connectivity index is 1.62. The normalized spacial score (nSPS) is 11.2. The maximum Gasteiger partial charge on any atom is 0.434 e. The minimum Gasteiger partial charge on any atom is -0.462 e. The first-order valence-electron chi connectivity index (χ1n) is 10.6. The number of alkyl halides is 3. The van der Waals surface area contributed by atoms with E-state index in [1.165, 1.54) is 31.2 Å². The van der Waals surface area contributed by atoms with Crippen LogP contribution in [0.2, 0.25) is 0 Å². The first-order chi connectivity index (χ1) is 17.2. The SMILES string of the molecule is CCOC(=O)c1cnn(-c2ccc(NC(=O)c3c(C)oc(-n4cccc4)c3C#N)cc2)c1C(F)(F)F. The predicted octanol–water partition coefficient (Wildman–Crippen LogP) is 4.88. The van der Waals surface area contributed by atoms with Gasteiger partial charge in [0.25, 0.3) is 5.91 Å². The summed E-state index contributed by atoms with van der Waals surface area (Å²) in [7, 11) is 0. The molecule has 0 saturated carbocycles. The quantitative estimate of drug-likeness (QED) is 0.380. The molecule has 1 aromatic carbocycles. The van der Waals surface area contributed by atoms with Crippen LogP contribution in [0.1, 0.15) is 44.7 Å². The van der Waals surface area contributed by atoms with Gasteiger partial charge in [0.15, 0.2) is 5.69 Å². The molecular formula is C24H18F3N5O4. The monoisotopic (exact) mass is 497 g/mol. The second-order valence-corrected chi connectivity index (χ2v) is 7.45. The van der Waals surface area contributed by atoms with E-state index in [1.807, 2.05) is 6.07 Å². The van der Waals surface area contributed by atoms with Crippen LogP contribution in [0.3, 0.4) is 0 Å². The predicted molar refractivity (Wildman–Crippen MR) is 120 cm³/mol. The summed E-state index contributed by atoms with van der Waals surface area (Å²) in [6.45, 7) is 2.93. The number of benzene rings is 1. The number of aryl methyl sites for hydroxylation is 1. The first-order valence-corrected chi connectivity index (χ1v) is 10.6.